The Labute approximate surface area is 132 Å². The summed E-state index contributed by atoms with van der Waals surface area (Å²) >= 11 is 0. The molecule has 0 saturated heterocycles. The van der Waals surface area contributed by atoms with Crippen LogP contribution in [-0.2, 0) is 9.53 Å². The lowest BCUT2D eigenvalue weighted by Crippen LogP contribution is -2.22. The van der Waals surface area contributed by atoms with Crippen molar-refractivity contribution in [2.24, 2.45) is 11.8 Å². The quantitative estimate of drug-likeness (QED) is 0.451. The summed E-state index contributed by atoms with van der Waals surface area (Å²) in [4.78, 5) is 10.9. The molecule has 0 aliphatic heterocycles. The van der Waals surface area contributed by atoms with E-state index in [9.17, 15) is 4.79 Å². The Balaban J connectivity index is 0.000000210. The predicted octanol–water partition coefficient (Wildman–Crippen LogP) is 5.89. The summed E-state index contributed by atoms with van der Waals surface area (Å²) < 4.78 is 4.95. The summed E-state index contributed by atoms with van der Waals surface area (Å²) in [5.41, 5.74) is 0. The van der Waals surface area contributed by atoms with Crippen LogP contribution in [0.25, 0.3) is 0 Å². The third kappa shape index (κ3) is 8.48. The van der Waals surface area contributed by atoms with Gasteiger partial charge >= 0.3 is 5.97 Å². The molecule has 0 heterocycles. The number of hydrogen-bond donors (Lipinski definition) is 0. The average molecular weight is 296 g/mol. The first-order valence-electron chi connectivity index (χ1n) is 9.43. The highest BCUT2D eigenvalue weighted by Gasteiger charge is 2.26. The minimum Gasteiger partial charge on any atom is -0.466 e. The molecule has 0 bridgehead atoms. The Kier molecular flexibility index (Phi) is 10.6. The van der Waals surface area contributed by atoms with E-state index in [0.717, 1.165) is 37.5 Å². The largest absolute Gasteiger partial charge is 0.466 e. The monoisotopic (exact) mass is 296 g/mol. The van der Waals surface area contributed by atoms with Crippen LogP contribution in [0.15, 0.2) is 0 Å². The van der Waals surface area contributed by atoms with Crippen molar-refractivity contribution in [2.75, 3.05) is 6.61 Å². The van der Waals surface area contributed by atoms with E-state index in [1.165, 1.54) is 25.7 Å². The molecular formula is C19H36O2. The van der Waals surface area contributed by atoms with Gasteiger partial charge in [0.1, 0.15) is 0 Å². The summed E-state index contributed by atoms with van der Waals surface area (Å²) in [6.07, 6.45) is 17.0. The first kappa shape index (κ1) is 18.5. The van der Waals surface area contributed by atoms with Crippen molar-refractivity contribution in [1.29, 1.82) is 0 Å². The van der Waals surface area contributed by atoms with Crippen molar-refractivity contribution in [3.8, 4) is 0 Å². The lowest BCUT2D eigenvalue weighted by molar-refractivity contribution is -0.143. The first-order chi connectivity index (χ1) is 10.3. The Hall–Kier alpha value is -0.530. The van der Waals surface area contributed by atoms with E-state index in [1.807, 2.05) is 0 Å². The van der Waals surface area contributed by atoms with Crippen LogP contribution in [-0.4, -0.2) is 12.6 Å². The van der Waals surface area contributed by atoms with Gasteiger partial charge in [0.2, 0.25) is 0 Å². The number of esters is 1. The fourth-order valence-corrected chi connectivity index (χ4v) is 3.58. The van der Waals surface area contributed by atoms with E-state index < -0.39 is 0 Å². The molecule has 2 rings (SSSR count). The third-order valence-electron chi connectivity index (χ3n) is 4.96. The summed E-state index contributed by atoms with van der Waals surface area (Å²) in [6.45, 7) is 4.75. The highest BCUT2D eigenvalue weighted by atomic mass is 16.5. The normalized spacial score (nSPS) is 24.5. The van der Waals surface area contributed by atoms with Gasteiger partial charge in [-0.15, -0.1) is 0 Å². The van der Waals surface area contributed by atoms with E-state index in [4.69, 9.17) is 4.74 Å². The Morgan fingerprint density at radius 1 is 0.857 bits per heavy atom. The summed E-state index contributed by atoms with van der Waals surface area (Å²) in [5.74, 6) is 2.27. The van der Waals surface area contributed by atoms with Crippen LogP contribution >= 0.6 is 0 Å². The summed E-state index contributed by atoms with van der Waals surface area (Å²) in [7, 11) is 0. The lowest BCUT2D eigenvalue weighted by atomic mass is 9.71. The molecule has 2 aliphatic carbocycles. The third-order valence-corrected chi connectivity index (χ3v) is 4.96. The number of fused-ring (bicyclic) bond motifs is 1. The van der Waals surface area contributed by atoms with Gasteiger partial charge < -0.3 is 4.74 Å². The molecular weight excluding hydrogens is 260 g/mol. The molecule has 0 amide bonds. The standard InChI is InChI=1S/C10H18.C9H18O2/c1-2-6-10-8-4-3-7-9(10)5-1;1-3-5-7-9(10)11-8-6-4-2/h9-10H,1-8H2;3-8H2,1-2H3. The molecule has 124 valence electrons. The van der Waals surface area contributed by atoms with Crippen molar-refractivity contribution >= 4 is 5.97 Å². The van der Waals surface area contributed by atoms with Crippen molar-refractivity contribution in [1.82, 2.24) is 0 Å². The molecule has 0 N–H and O–H groups in total. The molecule has 2 saturated carbocycles. The van der Waals surface area contributed by atoms with Gasteiger partial charge in [-0.2, -0.15) is 0 Å². The molecule has 0 aromatic carbocycles. The van der Waals surface area contributed by atoms with Gasteiger partial charge in [-0.25, -0.2) is 0 Å². The number of hydrogen-bond acceptors (Lipinski definition) is 2. The maximum absolute atomic E-state index is 10.9. The Morgan fingerprint density at radius 3 is 1.76 bits per heavy atom. The molecule has 0 radical (unpaired) electrons. The number of unbranched alkanes of at least 4 members (excludes halogenated alkanes) is 2. The maximum Gasteiger partial charge on any atom is 0.305 e. The molecule has 2 heteroatoms. The topological polar surface area (TPSA) is 26.3 Å². The van der Waals surface area contributed by atoms with E-state index in [0.29, 0.717) is 13.0 Å². The second kappa shape index (κ2) is 12.1. The molecule has 0 aromatic heterocycles. The number of ether oxygens (including phenoxy) is 1. The van der Waals surface area contributed by atoms with Crippen LogP contribution in [0.3, 0.4) is 0 Å². The molecule has 21 heavy (non-hydrogen) atoms. The van der Waals surface area contributed by atoms with Crippen molar-refractivity contribution in [2.45, 2.75) is 97.3 Å². The Morgan fingerprint density at radius 2 is 1.33 bits per heavy atom. The maximum atomic E-state index is 10.9. The van der Waals surface area contributed by atoms with Gasteiger partial charge in [0, 0.05) is 6.42 Å². The summed E-state index contributed by atoms with van der Waals surface area (Å²) in [6, 6.07) is 0. The fraction of sp³-hybridized carbons (Fsp3) is 0.947. The molecule has 0 unspecified atom stereocenters. The zero-order chi connectivity index (χ0) is 15.3. The molecule has 2 fully saturated rings. The number of rotatable bonds is 6. The number of carbonyl (C=O) groups is 1. The van der Waals surface area contributed by atoms with E-state index in [2.05, 4.69) is 13.8 Å². The molecule has 0 aromatic rings. The number of carbonyl (C=O) groups excluding carboxylic acids is 1. The summed E-state index contributed by atoms with van der Waals surface area (Å²) in [5, 5.41) is 0. The van der Waals surface area contributed by atoms with Crippen LogP contribution in [0.1, 0.15) is 97.3 Å². The fourth-order valence-electron chi connectivity index (χ4n) is 3.58. The molecule has 0 atom stereocenters. The van der Waals surface area contributed by atoms with Gasteiger partial charge in [-0.1, -0.05) is 78.1 Å². The van der Waals surface area contributed by atoms with Crippen LogP contribution < -0.4 is 0 Å². The van der Waals surface area contributed by atoms with Gasteiger partial charge in [0.05, 0.1) is 6.61 Å². The highest BCUT2D eigenvalue weighted by Crippen LogP contribution is 2.39. The van der Waals surface area contributed by atoms with Crippen molar-refractivity contribution in [3.63, 3.8) is 0 Å². The SMILES string of the molecule is C1CCC2CCCCC2C1.CCCCOC(=O)CCCC. The van der Waals surface area contributed by atoms with Crippen molar-refractivity contribution < 1.29 is 9.53 Å². The van der Waals surface area contributed by atoms with Gasteiger partial charge in [0.25, 0.3) is 0 Å². The smallest absolute Gasteiger partial charge is 0.305 e. The first-order valence-corrected chi connectivity index (χ1v) is 9.43. The second-order valence-corrected chi connectivity index (χ2v) is 6.77. The van der Waals surface area contributed by atoms with Gasteiger partial charge in [-0.3, -0.25) is 4.79 Å². The minimum absolute atomic E-state index is 0.0414. The van der Waals surface area contributed by atoms with Crippen molar-refractivity contribution in [3.05, 3.63) is 0 Å². The molecule has 0 spiro atoms. The Bertz CT molecular complexity index is 236. The van der Waals surface area contributed by atoms with E-state index in [1.54, 1.807) is 25.7 Å². The molecule has 2 nitrogen and oxygen atoms in total. The minimum atomic E-state index is -0.0414. The van der Waals surface area contributed by atoms with Gasteiger partial charge in [0.15, 0.2) is 0 Å². The predicted molar refractivity (Wildman–Crippen MR) is 89.3 cm³/mol. The van der Waals surface area contributed by atoms with Crippen LogP contribution in [0.4, 0.5) is 0 Å². The average Bonchev–Trinajstić information content (AvgIpc) is 2.54. The lowest BCUT2D eigenvalue weighted by Gasteiger charge is -2.35. The van der Waals surface area contributed by atoms with Crippen LogP contribution in [0.2, 0.25) is 0 Å². The molecule has 2 aliphatic rings. The zero-order valence-corrected chi connectivity index (χ0v) is 14.4. The van der Waals surface area contributed by atoms with E-state index in [-0.39, 0.29) is 5.97 Å². The van der Waals surface area contributed by atoms with E-state index >= 15 is 0 Å². The van der Waals surface area contributed by atoms with Crippen LogP contribution in [0, 0.1) is 11.8 Å². The zero-order valence-electron chi connectivity index (χ0n) is 14.4. The van der Waals surface area contributed by atoms with Gasteiger partial charge in [-0.05, 0) is 24.7 Å². The second-order valence-electron chi connectivity index (χ2n) is 6.77. The van der Waals surface area contributed by atoms with Crippen LogP contribution in [0.5, 0.6) is 0 Å². The highest BCUT2D eigenvalue weighted by molar-refractivity contribution is 5.69.